The number of ether oxygens (including phenoxy) is 2. The molecule has 3 N–H and O–H groups in total. The Morgan fingerprint density at radius 2 is 1.86 bits per heavy atom. The van der Waals surface area contributed by atoms with E-state index in [1.165, 1.54) is 11.8 Å². The van der Waals surface area contributed by atoms with Crippen molar-refractivity contribution in [2.45, 2.75) is 9.79 Å². The van der Waals surface area contributed by atoms with Gasteiger partial charge in [0.2, 0.25) is 0 Å². The van der Waals surface area contributed by atoms with Crippen LogP contribution in [0.15, 0.2) is 46.2 Å². The van der Waals surface area contributed by atoms with Crippen molar-refractivity contribution in [2.24, 2.45) is 5.73 Å². The Bertz CT molecular complexity index is 706. The lowest BCUT2D eigenvalue weighted by atomic mass is 10.2. The van der Waals surface area contributed by atoms with Gasteiger partial charge in [0, 0.05) is 20.4 Å². The third kappa shape index (κ3) is 3.09. The highest BCUT2D eigenvalue weighted by Gasteiger charge is 2.14. The number of hydrogen-bond donors (Lipinski definition) is 2. The van der Waals surface area contributed by atoms with E-state index < -0.39 is 0 Å². The van der Waals surface area contributed by atoms with Gasteiger partial charge in [-0.05, 0) is 36.4 Å². The fraction of sp³-hybridized carbons (Fsp3) is 0.133. The molecule has 2 aromatic carbocycles. The molecular weight excluding hydrogens is 308 g/mol. The highest BCUT2D eigenvalue weighted by Crippen LogP contribution is 2.38. The minimum Gasteiger partial charge on any atom is -0.486 e. The minimum absolute atomic E-state index is 0.00227. The van der Waals surface area contributed by atoms with Crippen LogP contribution in [-0.2, 0) is 0 Å². The number of halogens is 1. The van der Waals surface area contributed by atoms with Crippen molar-refractivity contribution in [1.29, 1.82) is 5.41 Å². The van der Waals surface area contributed by atoms with Crippen molar-refractivity contribution < 1.29 is 9.47 Å². The molecule has 4 nitrogen and oxygen atoms in total. The van der Waals surface area contributed by atoms with E-state index in [0.717, 1.165) is 21.3 Å². The van der Waals surface area contributed by atoms with Gasteiger partial charge < -0.3 is 15.2 Å². The lowest BCUT2D eigenvalue weighted by Gasteiger charge is -2.19. The monoisotopic (exact) mass is 320 g/mol. The van der Waals surface area contributed by atoms with Crippen molar-refractivity contribution in [1.82, 2.24) is 0 Å². The van der Waals surface area contributed by atoms with E-state index in [0.29, 0.717) is 23.8 Å². The summed E-state index contributed by atoms with van der Waals surface area (Å²) in [6, 6.07) is 11.1. The molecule has 0 aromatic heterocycles. The van der Waals surface area contributed by atoms with Gasteiger partial charge in [0.25, 0.3) is 0 Å². The maximum absolute atomic E-state index is 7.65. The fourth-order valence-electron chi connectivity index (χ4n) is 2.02. The number of fused-ring (bicyclic) bond motifs is 1. The van der Waals surface area contributed by atoms with Crippen LogP contribution >= 0.6 is 23.4 Å². The third-order valence-corrected chi connectivity index (χ3v) is 4.27. The number of hydrogen-bond acceptors (Lipinski definition) is 4. The predicted molar refractivity (Wildman–Crippen MR) is 84.0 cm³/mol. The van der Waals surface area contributed by atoms with Gasteiger partial charge >= 0.3 is 0 Å². The summed E-state index contributed by atoms with van der Waals surface area (Å²) in [5.74, 6) is 1.50. The average molecular weight is 321 g/mol. The van der Waals surface area contributed by atoms with Crippen LogP contribution in [0.5, 0.6) is 11.5 Å². The first-order valence-corrected chi connectivity index (χ1v) is 7.54. The zero-order chi connectivity index (χ0) is 14.8. The van der Waals surface area contributed by atoms with Gasteiger partial charge in [-0.1, -0.05) is 23.4 Å². The van der Waals surface area contributed by atoms with Crippen molar-refractivity contribution in [3.05, 3.63) is 47.0 Å². The quantitative estimate of drug-likeness (QED) is 0.670. The molecule has 0 unspecified atom stereocenters. The first-order valence-electron chi connectivity index (χ1n) is 6.35. The summed E-state index contributed by atoms with van der Waals surface area (Å²) in [4.78, 5) is 1.87. The molecule has 0 saturated heterocycles. The van der Waals surface area contributed by atoms with E-state index >= 15 is 0 Å². The van der Waals surface area contributed by atoms with Crippen molar-refractivity contribution in [3.8, 4) is 11.5 Å². The fourth-order valence-corrected chi connectivity index (χ4v) is 3.16. The van der Waals surface area contributed by atoms with E-state index in [1.54, 1.807) is 12.1 Å². The molecule has 2 aromatic rings. The molecule has 108 valence electrons. The molecule has 0 fully saturated rings. The summed E-state index contributed by atoms with van der Waals surface area (Å²) in [7, 11) is 0. The molecule has 0 bridgehead atoms. The summed E-state index contributed by atoms with van der Waals surface area (Å²) < 4.78 is 11.1. The van der Waals surface area contributed by atoms with Gasteiger partial charge in [0.1, 0.15) is 19.0 Å². The number of benzene rings is 2. The molecule has 3 rings (SSSR count). The van der Waals surface area contributed by atoms with Gasteiger partial charge in [-0.15, -0.1) is 0 Å². The van der Waals surface area contributed by atoms with Crippen molar-refractivity contribution in [2.75, 3.05) is 13.2 Å². The molecule has 1 aliphatic rings. The second kappa shape index (κ2) is 5.87. The van der Waals surface area contributed by atoms with E-state index in [9.17, 15) is 0 Å². The van der Waals surface area contributed by atoms with E-state index in [2.05, 4.69) is 0 Å². The van der Waals surface area contributed by atoms with Crippen LogP contribution in [0, 0.1) is 5.41 Å². The second-order valence-electron chi connectivity index (χ2n) is 4.46. The number of nitrogen functional groups attached to an aromatic ring is 1. The minimum atomic E-state index is -0.00227. The second-order valence-corrected chi connectivity index (χ2v) is 6.01. The van der Waals surface area contributed by atoms with Gasteiger partial charge in [-0.2, -0.15) is 0 Å². The number of nitrogens with one attached hydrogen (secondary N) is 1. The maximum Gasteiger partial charge on any atom is 0.162 e. The Morgan fingerprint density at radius 1 is 1.10 bits per heavy atom. The first-order chi connectivity index (χ1) is 10.1. The molecule has 0 saturated carbocycles. The molecule has 0 amide bonds. The summed E-state index contributed by atoms with van der Waals surface area (Å²) in [6.07, 6.45) is 0. The van der Waals surface area contributed by atoms with E-state index in [1.807, 2.05) is 24.3 Å². The molecule has 1 heterocycles. The Morgan fingerprint density at radius 3 is 2.62 bits per heavy atom. The van der Waals surface area contributed by atoms with Crippen LogP contribution in [0.2, 0.25) is 5.02 Å². The van der Waals surface area contributed by atoms with Crippen LogP contribution < -0.4 is 15.2 Å². The zero-order valence-electron chi connectivity index (χ0n) is 11.1. The smallest absolute Gasteiger partial charge is 0.162 e. The molecule has 0 aliphatic carbocycles. The highest BCUT2D eigenvalue weighted by molar-refractivity contribution is 7.99. The van der Waals surface area contributed by atoms with Crippen molar-refractivity contribution >= 4 is 29.2 Å². The molecule has 0 radical (unpaired) electrons. The average Bonchev–Trinajstić information content (AvgIpc) is 2.49. The van der Waals surface area contributed by atoms with Crippen LogP contribution in [0.4, 0.5) is 0 Å². The zero-order valence-corrected chi connectivity index (χ0v) is 12.6. The van der Waals surface area contributed by atoms with Crippen LogP contribution in [-0.4, -0.2) is 19.0 Å². The molecule has 21 heavy (non-hydrogen) atoms. The largest absolute Gasteiger partial charge is 0.486 e. The number of nitrogens with two attached hydrogens (primary N) is 1. The maximum atomic E-state index is 7.65. The number of amidine groups is 1. The lowest BCUT2D eigenvalue weighted by molar-refractivity contribution is 0.171. The normalized spacial score (nSPS) is 13.0. The Hall–Kier alpha value is -1.85. The van der Waals surface area contributed by atoms with Crippen molar-refractivity contribution in [3.63, 3.8) is 0 Å². The molecule has 6 heteroatoms. The Balaban J connectivity index is 1.92. The van der Waals surface area contributed by atoms with E-state index in [4.69, 9.17) is 32.2 Å². The lowest BCUT2D eigenvalue weighted by Crippen LogP contribution is -2.15. The third-order valence-electron chi connectivity index (χ3n) is 2.97. The van der Waals surface area contributed by atoms with Crippen LogP contribution in [0.25, 0.3) is 0 Å². The summed E-state index contributed by atoms with van der Waals surface area (Å²) in [6.45, 7) is 1.13. The summed E-state index contributed by atoms with van der Waals surface area (Å²) in [5, 5.41) is 8.21. The van der Waals surface area contributed by atoms with Crippen LogP contribution in [0.1, 0.15) is 5.56 Å². The molecule has 0 spiro atoms. The number of rotatable bonds is 3. The SMILES string of the molecule is N=C(N)c1cc(Cl)ccc1Sc1ccc2c(c1)OCCO2. The Kier molecular flexibility index (Phi) is 3.94. The first kappa shape index (κ1) is 14.1. The summed E-state index contributed by atoms with van der Waals surface area (Å²) in [5.41, 5.74) is 6.24. The predicted octanol–water partition coefficient (Wildman–Crippen LogP) is 3.55. The summed E-state index contributed by atoms with van der Waals surface area (Å²) >= 11 is 7.47. The van der Waals surface area contributed by atoms with E-state index in [-0.39, 0.29) is 5.84 Å². The molecule has 0 atom stereocenters. The van der Waals surface area contributed by atoms with Gasteiger partial charge in [0.05, 0.1) is 0 Å². The molecule has 1 aliphatic heterocycles. The Labute approximate surface area is 131 Å². The topological polar surface area (TPSA) is 68.3 Å². The van der Waals surface area contributed by atoms with Gasteiger partial charge in [-0.3, -0.25) is 5.41 Å². The molecular formula is C15H13ClN2O2S. The standard InChI is InChI=1S/C15H13ClN2O2S/c16-9-1-4-14(11(7-9)15(17)18)21-10-2-3-12-13(8-10)20-6-5-19-12/h1-4,7-8H,5-6H2,(H3,17,18). The van der Waals surface area contributed by atoms with Crippen LogP contribution in [0.3, 0.4) is 0 Å². The van der Waals surface area contributed by atoms with Gasteiger partial charge in [0.15, 0.2) is 11.5 Å². The highest BCUT2D eigenvalue weighted by atomic mass is 35.5. The van der Waals surface area contributed by atoms with Gasteiger partial charge in [-0.25, -0.2) is 0 Å².